The molecule has 122 valence electrons. The Morgan fingerprint density at radius 2 is 1.83 bits per heavy atom. The first-order valence-electron chi connectivity index (χ1n) is 8.73. The Hall–Kier alpha value is -1.91. The standard InChI is InChI=1S/C20H20N2OS/c23-20-17-7-3-4-8-19(17)22(24-20)13-21(15-10-11-15)18-12-9-14-5-1-2-6-16(14)18/h1-8,15,18H,9-13H2/t18-/m1/s1. The summed E-state index contributed by atoms with van der Waals surface area (Å²) in [5, 5.41) is 0.852. The molecule has 2 aliphatic carbocycles. The lowest BCUT2D eigenvalue weighted by Gasteiger charge is -2.30. The molecular formula is C20H20N2OS. The molecular weight excluding hydrogens is 316 g/mol. The average molecular weight is 336 g/mol. The topological polar surface area (TPSA) is 25.2 Å². The van der Waals surface area contributed by atoms with E-state index in [2.05, 4.69) is 39.2 Å². The van der Waals surface area contributed by atoms with Gasteiger partial charge in [0.2, 0.25) is 0 Å². The van der Waals surface area contributed by atoms with Gasteiger partial charge in [0.1, 0.15) is 0 Å². The van der Waals surface area contributed by atoms with Crippen LogP contribution in [0.3, 0.4) is 0 Å². The number of hydrogen-bond donors (Lipinski definition) is 0. The van der Waals surface area contributed by atoms with Gasteiger partial charge in [0.25, 0.3) is 4.74 Å². The molecule has 0 unspecified atom stereocenters. The predicted octanol–water partition coefficient (Wildman–Crippen LogP) is 4.17. The van der Waals surface area contributed by atoms with Crippen molar-refractivity contribution >= 4 is 22.4 Å². The van der Waals surface area contributed by atoms with E-state index in [4.69, 9.17) is 0 Å². The van der Waals surface area contributed by atoms with Gasteiger partial charge in [-0.3, -0.25) is 13.7 Å². The van der Waals surface area contributed by atoms with E-state index in [1.54, 1.807) is 0 Å². The first kappa shape index (κ1) is 14.4. The molecule has 4 heteroatoms. The Balaban J connectivity index is 1.53. The third kappa shape index (κ3) is 2.33. The Bertz CT molecular complexity index is 953. The van der Waals surface area contributed by atoms with E-state index >= 15 is 0 Å². The van der Waals surface area contributed by atoms with Crippen LogP contribution in [0.1, 0.15) is 36.4 Å². The monoisotopic (exact) mass is 336 g/mol. The first-order chi connectivity index (χ1) is 11.8. The molecule has 0 bridgehead atoms. The highest BCUT2D eigenvalue weighted by atomic mass is 32.1. The van der Waals surface area contributed by atoms with E-state index in [-0.39, 0.29) is 4.74 Å². The molecule has 1 fully saturated rings. The lowest BCUT2D eigenvalue weighted by molar-refractivity contribution is 0.148. The van der Waals surface area contributed by atoms with Crippen molar-refractivity contribution < 1.29 is 0 Å². The average Bonchev–Trinajstić information content (AvgIpc) is 3.30. The Labute approximate surface area is 145 Å². The second-order valence-corrected chi connectivity index (χ2v) is 7.91. The molecule has 0 aliphatic heterocycles. The third-order valence-electron chi connectivity index (χ3n) is 5.39. The van der Waals surface area contributed by atoms with Gasteiger partial charge in [0.15, 0.2) is 0 Å². The van der Waals surface area contributed by atoms with E-state index in [0.29, 0.717) is 12.1 Å². The number of fused-ring (bicyclic) bond motifs is 2. The molecule has 0 amide bonds. The number of aromatic nitrogens is 1. The van der Waals surface area contributed by atoms with Gasteiger partial charge < -0.3 is 0 Å². The van der Waals surface area contributed by atoms with Crippen molar-refractivity contribution in [2.45, 2.75) is 44.4 Å². The van der Waals surface area contributed by atoms with E-state index in [1.807, 2.05) is 18.2 Å². The maximum absolute atomic E-state index is 12.3. The fourth-order valence-corrected chi connectivity index (χ4v) is 4.99. The molecule has 0 spiro atoms. The number of rotatable bonds is 4. The van der Waals surface area contributed by atoms with Gasteiger partial charge in [-0.25, -0.2) is 0 Å². The summed E-state index contributed by atoms with van der Waals surface area (Å²) in [6, 6.07) is 18.0. The number of benzene rings is 2. The van der Waals surface area contributed by atoms with Crippen molar-refractivity contribution in [3.63, 3.8) is 0 Å². The van der Waals surface area contributed by atoms with Crippen molar-refractivity contribution in [1.29, 1.82) is 0 Å². The minimum absolute atomic E-state index is 0.174. The molecule has 0 saturated heterocycles. The predicted molar refractivity (Wildman–Crippen MR) is 98.5 cm³/mol. The SMILES string of the molecule is O=c1sn(CN(C2CC2)[C@@H]2CCc3ccccc32)c2ccccc12. The summed E-state index contributed by atoms with van der Waals surface area (Å²) in [5.74, 6) is 0. The number of aryl methyl sites for hydroxylation is 1. The highest BCUT2D eigenvalue weighted by molar-refractivity contribution is 7.05. The molecule has 5 rings (SSSR count). The Morgan fingerprint density at radius 1 is 1.04 bits per heavy atom. The second-order valence-electron chi connectivity index (χ2n) is 6.91. The molecule has 2 aliphatic rings. The van der Waals surface area contributed by atoms with Crippen LogP contribution in [-0.2, 0) is 13.1 Å². The smallest absolute Gasteiger partial charge is 0.257 e. The normalized spacial score (nSPS) is 20.0. The van der Waals surface area contributed by atoms with Crippen LogP contribution in [0.25, 0.3) is 10.9 Å². The summed E-state index contributed by atoms with van der Waals surface area (Å²) in [7, 11) is 0. The molecule has 2 aromatic carbocycles. The zero-order valence-corrected chi connectivity index (χ0v) is 14.3. The zero-order valence-electron chi connectivity index (χ0n) is 13.5. The fourth-order valence-electron chi connectivity index (χ4n) is 4.07. The van der Waals surface area contributed by atoms with Crippen LogP contribution in [-0.4, -0.2) is 14.9 Å². The molecule has 1 aromatic heterocycles. The molecule has 1 heterocycles. The highest BCUT2D eigenvalue weighted by Gasteiger charge is 2.37. The molecule has 3 aromatic rings. The lowest BCUT2D eigenvalue weighted by Crippen LogP contribution is -2.31. The Morgan fingerprint density at radius 3 is 2.71 bits per heavy atom. The van der Waals surface area contributed by atoms with Crippen LogP contribution >= 0.6 is 11.5 Å². The summed E-state index contributed by atoms with van der Waals surface area (Å²) in [6.07, 6.45) is 4.94. The summed E-state index contributed by atoms with van der Waals surface area (Å²) in [5.41, 5.74) is 4.07. The fraction of sp³-hybridized carbons (Fsp3) is 0.350. The van der Waals surface area contributed by atoms with Gasteiger partial charge in [-0.05, 0) is 60.5 Å². The zero-order chi connectivity index (χ0) is 16.1. The first-order valence-corrected chi connectivity index (χ1v) is 9.51. The van der Waals surface area contributed by atoms with E-state index in [0.717, 1.165) is 17.6 Å². The minimum atomic E-state index is 0.174. The lowest BCUT2D eigenvalue weighted by atomic mass is 10.1. The molecule has 1 saturated carbocycles. The van der Waals surface area contributed by atoms with Crippen LogP contribution in [0.2, 0.25) is 0 Å². The van der Waals surface area contributed by atoms with Gasteiger partial charge in [-0.1, -0.05) is 36.4 Å². The minimum Gasteiger partial charge on any atom is -0.280 e. The maximum atomic E-state index is 12.3. The van der Waals surface area contributed by atoms with Crippen molar-refractivity contribution in [2.75, 3.05) is 0 Å². The van der Waals surface area contributed by atoms with Crippen LogP contribution in [0, 0.1) is 0 Å². The summed E-state index contributed by atoms with van der Waals surface area (Å²) in [4.78, 5) is 14.9. The van der Waals surface area contributed by atoms with Crippen molar-refractivity contribution in [3.8, 4) is 0 Å². The van der Waals surface area contributed by atoms with Crippen molar-refractivity contribution in [2.24, 2.45) is 0 Å². The van der Waals surface area contributed by atoms with Gasteiger partial charge in [0, 0.05) is 12.1 Å². The molecule has 1 atom stereocenters. The van der Waals surface area contributed by atoms with Crippen LogP contribution in [0.15, 0.2) is 53.3 Å². The van der Waals surface area contributed by atoms with Gasteiger partial charge in [-0.15, -0.1) is 0 Å². The van der Waals surface area contributed by atoms with Gasteiger partial charge in [-0.2, -0.15) is 0 Å². The van der Waals surface area contributed by atoms with E-state index < -0.39 is 0 Å². The molecule has 3 nitrogen and oxygen atoms in total. The van der Waals surface area contributed by atoms with Crippen molar-refractivity contribution in [1.82, 2.24) is 8.86 Å². The molecule has 0 N–H and O–H groups in total. The summed E-state index contributed by atoms with van der Waals surface area (Å²) < 4.78 is 2.37. The van der Waals surface area contributed by atoms with Gasteiger partial charge in [0.05, 0.1) is 17.6 Å². The molecule has 0 radical (unpaired) electrons. The number of nitrogens with zero attached hydrogens (tertiary/aromatic N) is 2. The van der Waals surface area contributed by atoms with Crippen LogP contribution in [0.4, 0.5) is 0 Å². The highest BCUT2D eigenvalue weighted by Crippen LogP contribution is 2.42. The molecule has 24 heavy (non-hydrogen) atoms. The summed E-state index contributed by atoms with van der Waals surface area (Å²) in [6.45, 7) is 0.830. The van der Waals surface area contributed by atoms with E-state index in [1.165, 1.54) is 48.3 Å². The van der Waals surface area contributed by atoms with Crippen LogP contribution < -0.4 is 4.74 Å². The number of hydrogen-bond acceptors (Lipinski definition) is 3. The third-order valence-corrected chi connectivity index (χ3v) is 6.31. The summed E-state index contributed by atoms with van der Waals surface area (Å²) >= 11 is 1.36. The van der Waals surface area contributed by atoms with Crippen molar-refractivity contribution in [3.05, 3.63) is 69.2 Å². The van der Waals surface area contributed by atoms with Crippen LogP contribution in [0.5, 0.6) is 0 Å². The maximum Gasteiger partial charge on any atom is 0.257 e. The van der Waals surface area contributed by atoms with Gasteiger partial charge >= 0.3 is 0 Å². The Kier molecular flexibility index (Phi) is 3.35. The number of para-hydroxylation sites is 1. The van der Waals surface area contributed by atoms with E-state index in [9.17, 15) is 4.79 Å². The quantitative estimate of drug-likeness (QED) is 0.714. The second kappa shape index (κ2) is 5.57. The largest absolute Gasteiger partial charge is 0.280 e.